The Balaban J connectivity index is 1.36. The summed E-state index contributed by atoms with van der Waals surface area (Å²) >= 11 is 1.48. The van der Waals surface area contributed by atoms with Gasteiger partial charge in [-0.1, -0.05) is 42.1 Å². The Morgan fingerprint density at radius 1 is 1.23 bits per heavy atom. The van der Waals surface area contributed by atoms with E-state index in [2.05, 4.69) is 46.0 Å². The van der Waals surface area contributed by atoms with Crippen molar-refractivity contribution in [2.24, 2.45) is 0 Å². The summed E-state index contributed by atoms with van der Waals surface area (Å²) < 4.78 is 8.08. The van der Waals surface area contributed by atoms with Crippen LogP contribution in [0.3, 0.4) is 0 Å². The van der Waals surface area contributed by atoms with Gasteiger partial charge in [-0.2, -0.15) is 0 Å². The third kappa shape index (κ3) is 4.80. The van der Waals surface area contributed by atoms with E-state index in [-0.39, 0.29) is 6.10 Å². The Hall–Kier alpha value is -2.48. The summed E-state index contributed by atoms with van der Waals surface area (Å²) in [6.45, 7) is 4.74. The molecule has 2 heterocycles. The van der Waals surface area contributed by atoms with Crippen molar-refractivity contribution in [2.75, 3.05) is 12.4 Å². The van der Waals surface area contributed by atoms with E-state index in [1.165, 1.54) is 22.9 Å². The third-order valence-electron chi connectivity index (χ3n) is 5.18. The van der Waals surface area contributed by atoms with Crippen molar-refractivity contribution in [3.05, 3.63) is 72.6 Å². The largest absolute Gasteiger partial charge is 0.390 e. The van der Waals surface area contributed by atoms with Gasteiger partial charge >= 0.3 is 0 Å². The molecule has 0 saturated heterocycles. The molecule has 1 aliphatic carbocycles. The average molecular weight is 423 g/mol. The first-order valence-corrected chi connectivity index (χ1v) is 11.2. The number of fused-ring (bicyclic) bond motifs is 1. The highest BCUT2D eigenvalue weighted by molar-refractivity contribution is 7.99. The van der Waals surface area contributed by atoms with Gasteiger partial charge in [0.2, 0.25) is 0 Å². The van der Waals surface area contributed by atoms with E-state index in [9.17, 15) is 5.11 Å². The second kappa shape index (κ2) is 10.0. The number of aromatic nitrogens is 4. The van der Waals surface area contributed by atoms with Crippen LogP contribution in [0.1, 0.15) is 30.1 Å². The molecule has 156 valence electrons. The maximum absolute atomic E-state index is 10.5. The van der Waals surface area contributed by atoms with Gasteiger partial charge in [0.15, 0.2) is 11.0 Å². The molecule has 0 amide bonds. The zero-order valence-corrected chi connectivity index (χ0v) is 17.7. The van der Waals surface area contributed by atoms with Crippen LogP contribution in [-0.4, -0.2) is 43.3 Å². The molecule has 2 aromatic heterocycles. The molecule has 0 saturated carbocycles. The van der Waals surface area contributed by atoms with Crippen LogP contribution in [0.4, 0.5) is 0 Å². The Labute approximate surface area is 181 Å². The number of pyridine rings is 1. The second-order valence-corrected chi connectivity index (χ2v) is 8.31. The Kier molecular flexibility index (Phi) is 6.94. The number of benzene rings is 1. The maximum atomic E-state index is 10.5. The molecule has 0 unspecified atom stereocenters. The van der Waals surface area contributed by atoms with Crippen LogP contribution in [0.5, 0.6) is 0 Å². The Morgan fingerprint density at radius 3 is 2.90 bits per heavy atom. The van der Waals surface area contributed by atoms with Crippen molar-refractivity contribution in [2.45, 2.75) is 43.2 Å². The van der Waals surface area contributed by atoms with Gasteiger partial charge in [-0.3, -0.25) is 9.55 Å². The molecule has 3 aromatic rings. The summed E-state index contributed by atoms with van der Waals surface area (Å²) in [7, 11) is 0. The summed E-state index contributed by atoms with van der Waals surface area (Å²) in [6.07, 6.45) is 8.00. The van der Waals surface area contributed by atoms with Crippen LogP contribution in [-0.2, 0) is 17.7 Å². The lowest BCUT2D eigenvalue weighted by Gasteiger charge is -2.26. The van der Waals surface area contributed by atoms with Crippen molar-refractivity contribution in [1.29, 1.82) is 0 Å². The summed E-state index contributed by atoms with van der Waals surface area (Å²) in [4.78, 5) is 4.06. The molecule has 30 heavy (non-hydrogen) atoms. The van der Waals surface area contributed by atoms with E-state index >= 15 is 0 Å². The fourth-order valence-corrected chi connectivity index (χ4v) is 4.59. The van der Waals surface area contributed by atoms with Gasteiger partial charge in [0.1, 0.15) is 0 Å². The summed E-state index contributed by atoms with van der Waals surface area (Å²) in [5.74, 6) is 1.25. The van der Waals surface area contributed by atoms with Gasteiger partial charge in [0.25, 0.3) is 0 Å². The van der Waals surface area contributed by atoms with E-state index < -0.39 is 6.10 Å². The van der Waals surface area contributed by atoms with Crippen LogP contribution in [0.15, 0.2) is 66.6 Å². The standard InChI is InChI=1S/C23H26N4O2S/c1-2-14-27-22(18-10-12-24-13-11-18)25-26-23(27)30-16-19(28)15-29-21-9-5-7-17-6-3-4-8-20(17)21/h2-4,6,8,10-13,19,21,28H,1,5,7,9,14-16H2/t19-,21-/m1/s1. The zero-order chi connectivity index (χ0) is 20.8. The van der Waals surface area contributed by atoms with Gasteiger partial charge in [-0.05, 0) is 42.5 Å². The second-order valence-electron chi connectivity index (χ2n) is 7.32. The molecule has 4 rings (SSSR count). The van der Waals surface area contributed by atoms with Gasteiger partial charge < -0.3 is 9.84 Å². The number of aliphatic hydroxyl groups is 1. The molecule has 1 N–H and O–H groups in total. The minimum absolute atomic E-state index is 0.0670. The molecule has 0 radical (unpaired) electrons. The summed E-state index contributed by atoms with van der Waals surface area (Å²) in [5, 5.41) is 19.9. The Morgan fingerprint density at radius 2 is 2.07 bits per heavy atom. The van der Waals surface area contributed by atoms with Crippen LogP contribution in [0, 0.1) is 0 Å². The Bertz CT molecular complexity index is 976. The van der Waals surface area contributed by atoms with Crippen molar-refractivity contribution in [1.82, 2.24) is 19.7 Å². The van der Waals surface area contributed by atoms with E-state index in [1.807, 2.05) is 22.8 Å². The number of rotatable bonds is 9. The monoisotopic (exact) mass is 422 g/mol. The third-order valence-corrected chi connectivity index (χ3v) is 6.29. The molecule has 1 aromatic carbocycles. The maximum Gasteiger partial charge on any atom is 0.191 e. The lowest BCUT2D eigenvalue weighted by atomic mass is 9.89. The van der Waals surface area contributed by atoms with E-state index in [0.29, 0.717) is 18.9 Å². The predicted octanol–water partition coefficient (Wildman–Crippen LogP) is 4.07. The van der Waals surface area contributed by atoms with Crippen LogP contribution in [0.25, 0.3) is 11.4 Å². The van der Waals surface area contributed by atoms with Crippen molar-refractivity contribution in [3.8, 4) is 11.4 Å². The van der Waals surface area contributed by atoms with Gasteiger partial charge in [0, 0.05) is 30.3 Å². The number of ether oxygens (including phenoxy) is 1. The molecule has 0 fully saturated rings. The number of allylic oxidation sites excluding steroid dienone is 1. The number of hydrogen-bond acceptors (Lipinski definition) is 6. The minimum atomic E-state index is -0.581. The number of aryl methyl sites for hydroxylation is 1. The van der Waals surface area contributed by atoms with Crippen molar-refractivity contribution < 1.29 is 9.84 Å². The SMILES string of the molecule is C=CCn1c(SC[C@H](O)CO[C@@H]2CCCc3ccccc32)nnc1-c1ccncc1. The molecule has 1 aliphatic rings. The van der Waals surface area contributed by atoms with Gasteiger partial charge in [-0.15, -0.1) is 16.8 Å². The first-order valence-electron chi connectivity index (χ1n) is 10.2. The highest BCUT2D eigenvalue weighted by Crippen LogP contribution is 2.32. The lowest BCUT2D eigenvalue weighted by Crippen LogP contribution is -2.22. The van der Waals surface area contributed by atoms with Crippen LogP contribution in [0.2, 0.25) is 0 Å². The first-order chi connectivity index (χ1) is 14.8. The summed E-state index contributed by atoms with van der Waals surface area (Å²) in [5.41, 5.74) is 3.57. The number of nitrogens with zero attached hydrogens (tertiary/aromatic N) is 4. The highest BCUT2D eigenvalue weighted by atomic mass is 32.2. The molecule has 0 aliphatic heterocycles. The summed E-state index contributed by atoms with van der Waals surface area (Å²) in [6, 6.07) is 12.3. The van der Waals surface area contributed by atoms with Crippen molar-refractivity contribution >= 4 is 11.8 Å². The minimum Gasteiger partial charge on any atom is -0.390 e. The van der Waals surface area contributed by atoms with E-state index in [4.69, 9.17) is 4.74 Å². The molecule has 6 nitrogen and oxygen atoms in total. The molecule has 0 spiro atoms. The van der Waals surface area contributed by atoms with Crippen LogP contribution >= 0.6 is 11.8 Å². The predicted molar refractivity (Wildman–Crippen MR) is 118 cm³/mol. The van der Waals surface area contributed by atoms with Crippen LogP contribution < -0.4 is 0 Å². The molecular weight excluding hydrogens is 396 g/mol. The molecule has 2 atom stereocenters. The number of thioether (sulfide) groups is 1. The lowest BCUT2D eigenvalue weighted by molar-refractivity contribution is -0.00960. The highest BCUT2D eigenvalue weighted by Gasteiger charge is 2.22. The number of hydrogen-bond donors (Lipinski definition) is 1. The smallest absolute Gasteiger partial charge is 0.191 e. The first kappa shape index (κ1) is 20.8. The van der Waals surface area contributed by atoms with E-state index in [1.54, 1.807) is 12.4 Å². The van der Waals surface area contributed by atoms with Gasteiger partial charge in [-0.25, -0.2) is 0 Å². The molecule has 0 bridgehead atoms. The van der Waals surface area contributed by atoms with Gasteiger partial charge in [0.05, 0.1) is 18.8 Å². The quantitative estimate of drug-likeness (QED) is 0.414. The van der Waals surface area contributed by atoms with E-state index in [0.717, 1.165) is 35.8 Å². The van der Waals surface area contributed by atoms with Crippen molar-refractivity contribution in [3.63, 3.8) is 0 Å². The molecular formula is C23H26N4O2S. The fraction of sp³-hybridized carbons (Fsp3) is 0.348. The normalized spacial score (nSPS) is 16.8. The topological polar surface area (TPSA) is 73.1 Å². The molecule has 7 heteroatoms. The number of aliphatic hydroxyl groups excluding tert-OH is 1. The zero-order valence-electron chi connectivity index (χ0n) is 16.9. The fourth-order valence-electron chi connectivity index (χ4n) is 3.73. The average Bonchev–Trinajstić information content (AvgIpc) is 3.19.